The highest BCUT2D eigenvalue weighted by molar-refractivity contribution is 4.88. The lowest BCUT2D eigenvalue weighted by Gasteiger charge is -2.43. The average molecular weight is 212 g/mol. The Morgan fingerprint density at radius 1 is 1.33 bits per heavy atom. The summed E-state index contributed by atoms with van der Waals surface area (Å²) in [6.07, 6.45) is 6.45. The zero-order valence-electron chi connectivity index (χ0n) is 9.87. The molecule has 0 bridgehead atoms. The van der Waals surface area contributed by atoms with Gasteiger partial charge >= 0.3 is 0 Å². The van der Waals surface area contributed by atoms with E-state index in [4.69, 9.17) is 10.5 Å². The Hall–Kier alpha value is -0.120. The number of hydrogen-bond acceptors (Lipinski definition) is 3. The van der Waals surface area contributed by atoms with Crippen molar-refractivity contribution in [3.63, 3.8) is 0 Å². The summed E-state index contributed by atoms with van der Waals surface area (Å²) in [6, 6.07) is 0.830. The first-order valence-corrected chi connectivity index (χ1v) is 6.24. The lowest BCUT2D eigenvalue weighted by molar-refractivity contribution is -0.00882. The van der Waals surface area contributed by atoms with Gasteiger partial charge in [-0.15, -0.1) is 0 Å². The lowest BCUT2D eigenvalue weighted by atomic mass is 9.78. The molecule has 0 aromatic carbocycles. The Labute approximate surface area is 93.0 Å². The fraction of sp³-hybridized carbons (Fsp3) is 1.00. The van der Waals surface area contributed by atoms with E-state index in [1.54, 1.807) is 0 Å². The van der Waals surface area contributed by atoms with Gasteiger partial charge in [-0.25, -0.2) is 0 Å². The van der Waals surface area contributed by atoms with Gasteiger partial charge in [-0.05, 0) is 44.7 Å². The molecule has 1 heterocycles. The van der Waals surface area contributed by atoms with Crippen LogP contribution in [0.5, 0.6) is 0 Å². The second-order valence-corrected chi connectivity index (χ2v) is 5.32. The standard InChI is InChI=1S/C12H24N2O/c1-14(11-3-2-4-11)10-12(9-13)5-7-15-8-6-12/h11H,2-10,13H2,1H3. The van der Waals surface area contributed by atoms with Crippen molar-refractivity contribution < 1.29 is 4.74 Å². The maximum absolute atomic E-state index is 5.96. The maximum atomic E-state index is 5.96. The molecule has 3 nitrogen and oxygen atoms in total. The van der Waals surface area contributed by atoms with Crippen molar-refractivity contribution in [2.75, 3.05) is 33.4 Å². The zero-order valence-corrected chi connectivity index (χ0v) is 9.87. The number of nitrogens with two attached hydrogens (primary N) is 1. The summed E-state index contributed by atoms with van der Waals surface area (Å²) in [5, 5.41) is 0. The predicted octanol–water partition coefficient (Wildman–Crippen LogP) is 1.23. The Balaban J connectivity index is 1.87. The Bertz CT molecular complexity index is 198. The van der Waals surface area contributed by atoms with E-state index in [0.717, 1.165) is 45.2 Å². The summed E-state index contributed by atoms with van der Waals surface area (Å²) >= 11 is 0. The highest BCUT2D eigenvalue weighted by Gasteiger charge is 2.34. The van der Waals surface area contributed by atoms with Crippen molar-refractivity contribution in [3.8, 4) is 0 Å². The van der Waals surface area contributed by atoms with E-state index in [1.807, 2.05) is 0 Å². The molecule has 0 atom stereocenters. The Morgan fingerprint density at radius 2 is 2.00 bits per heavy atom. The third-order valence-corrected chi connectivity index (χ3v) is 4.27. The van der Waals surface area contributed by atoms with Crippen molar-refractivity contribution in [2.45, 2.75) is 38.1 Å². The summed E-state index contributed by atoms with van der Waals surface area (Å²) in [4.78, 5) is 2.53. The van der Waals surface area contributed by atoms with Gasteiger partial charge in [0.1, 0.15) is 0 Å². The molecule has 0 radical (unpaired) electrons. The van der Waals surface area contributed by atoms with Crippen LogP contribution in [0.3, 0.4) is 0 Å². The number of rotatable bonds is 4. The highest BCUT2D eigenvalue weighted by atomic mass is 16.5. The van der Waals surface area contributed by atoms with E-state index in [1.165, 1.54) is 19.3 Å². The topological polar surface area (TPSA) is 38.5 Å². The molecular formula is C12H24N2O. The molecule has 1 aliphatic carbocycles. The highest BCUT2D eigenvalue weighted by Crippen LogP contribution is 2.33. The minimum absolute atomic E-state index is 0.336. The number of ether oxygens (including phenoxy) is 1. The van der Waals surface area contributed by atoms with Crippen LogP contribution in [0.25, 0.3) is 0 Å². The van der Waals surface area contributed by atoms with Crippen molar-refractivity contribution in [1.82, 2.24) is 4.90 Å². The summed E-state index contributed by atoms with van der Waals surface area (Å²) in [5.41, 5.74) is 6.30. The molecule has 0 amide bonds. The molecule has 2 fully saturated rings. The molecule has 2 aliphatic rings. The van der Waals surface area contributed by atoms with Crippen LogP contribution in [0.4, 0.5) is 0 Å². The van der Waals surface area contributed by atoms with E-state index in [0.29, 0.717) is 5.41 Å². The van der Waals surface area contributed by atoms with Gasteiger partial charge < -0.3 is 15.4 Å². The van der Waals surface area contributed by atoms with Crippen molar-refractivity contribution in [1.29, 1.82) is 0 Å². The zero-order chi connectivity index (χ0) is 10.7. The number of nitrogens with zero attached hydrogens (tertiary/aromatic N) is 1. The van der Waals surface area contributed by atoms with E-state index in [2.05, 4.69) is 11.9 Å². The molecule has 0 spiro atoms. The van der Waals surface area contributed by atoms with E-state index >= 15 is 0 Å². The molecule has 2 N–H and O–H groups in total. The van der Waals surface area contributed by atoms with Crippen LogP contribution in [-0.4, -0.2) is 44.3 Å². The molecule has 0 aromatic heterocycles. The third-order valence-electron chi connectivity index (χ3n) is 4.27. The Morgan fingerprint density at radius 3 is 2.47 bits per heavy atom. The van der Waals surface area contributed by atoms with Gasteiger partial charge in [-0.1, -0.05) is 6.42 Å². The van der Waals surface area contributed by atoms with Crippen LogP contribution in [0, 0.1) is 5.41 Å². The molecule has 2 rings (SSSR count). The number of hydrogen-bond donors (Lipinski definition) is 1. The van der Waals surface area contributed by atoms with Crippen molar-refractivity contribution >= 4 is 0 Å². The summed E-state index contributed by atoms with van der Waals surface area (Å²) in [6.45, 7) is 3.77. The maximum Gasteiger partial charge on any atom is 0.0472 e. The van der Waals surface area contributed by atoms with E-state index in [9.17, 15) is 0 Å². The SMILES string of the molecule is CN(CC1(CN)CCOCC1)C1CCC1. The van der Waals surface area contributed by atoms with Gasteiger partial charge in [-0.2, -0.15) is 0 Å². The summed E-state index contributed by atoms with van der Waals surface area (Å²) in [5.74, 6) is 0. The van der Waals surface area contributed by atoms with Gasteiger partial charge in [-0.3, -0.25) is 0 Å². The van der Waals surface area contributed by atoms with Crippen LogP contribution in [0.2, 0.25) is 0 Å². The summed E-state index contributed by atoms with van der Waals surface area (Å²) in [7, 11) is 2.26. The third kappa shape index (κ3) is 2.52. The summed E-state index contributed by atoms with van der Waals surface area (Å²) < 4.78 is 5.43. The Kier molecular flexibility index (Phi) is 3.65. The smallest absolute Gasteiger partial charge is 0.0472 e. The first-order chi connectivity index (χ1) is 7.26. The van der Waals surface area contributed by atoms with Crippen LogP contribution in [0.1, 0.15) is 32.1 Å². The van der Waals surface area contributed by atoms with Gasteiger partial charge in [0.25, 0.3) is 0 Å². The van der Waals surface area contributed by atoms with Gasteiger partial charge in [0, 0.05) is 25.8 Å². The van der Waals surface area contributed by atoms with Crippen molar-refractivity contribution in [2.24, 2.45) is 11.1 Å². The molecule has 0 aromatic rings. The van der Waals surface area contributed by atoms with Crippen LogP contribution < -0.4 is 5.73 Å². The molecule has 1 saturated carbocycles. The van der Waals surface area contributed by atoms with Crippen LogP contribution >= 0.6 is 0 Å². The molecule has 0 unspecified atom stereocenters. The first kappa shape index (κ1) is 11.4. The fourth-order valence-corrected chi connectivity index (χ4v) is 2.72. The van der Waals surface area contributed by atoms with Gasteiger partial charge in [0.05, 0.1) is 0 Å². The second kappa shape index (κ2) is 4.81. The quantitative estimate of drug-likeness (QED) is 0.761. The fourth-order valence-electron chi connectivity index (χ4n) is 2.72. The lowest BCUT2D eigenvalue weighted by Crippen LogP contribution is -2.49. The molecule has 1 aliphatic heterocycles. The monoisotopic (exact) mass is 212 g/mol. The van der Waals surface area contributed by atoms with Crippen molar-refractivity contribution in [3.05, 3.63) is 0 Å². The first-order valence-electron chi connectivity index (χ1n) is 6.24. The molecule has 15 heavy (non-hydrogen) atoms. The van der Waals surface area contributed by atoms with Crippen LogP contribution in [0.15, 0.2) is 0 Å². The minimum atomic E-state index is 0.336. The molecule has 1 saturated heterocycles. The van der Waals surface area contributed by atoms with E-state index in [-0.39, 0.29) is 0 Å². The normalized spacial score (nSPS) is 26.6. The van der Waals surface area contributed by atoms with E-state index < -0.39 is 0 Å². The molecule has 88 valence electrons. The van der Waals surface area contributed by atoms with Crippen LogP contribution in [-0.2, 0) is 4.74 Å². The average Bonchev–Trinajstić information content (AvgIpc) is 2.16. The minimum Gasteiger partial charge on any atom is -0.381 e. The predicted molar refractivity (Wildman–Crippen MR) is 61.8 cm³/mol. The molecular weight excluding hydrogens is 188 g/mol. The largest absolute Gasteiger partial charge is 0.381 e. The second-order valence-electron chi connectivity index (χ2n) is 5.32. The molecule has 3 heteroatoms. The van der Waals surface area contributed by atoms with Gasteiger partial charge in [0.2, 0.25) is 0 Å². The van der Waals surface area contributed by atoms with Gasteiger partial charge in [0.15, 0.2) is 0 Å².